The van der Waals surface area contributed by atoms with Crippen molar-refractivity contribution in [2.45, 2.75) is 167 Å². The number of carbonyl (C=O) groups is 4. The van der Waals surface area contributed by atoms with Gasteiger partial charge in [-0.1, -0.05) is 42.5 Å². The number of hydrogen-bond donors (Lipinski definition) is 3. The predicted molar refractivity (Wildman–Crippen MR) is 300 cm³/mol. The number of aliphatic imine (C=N–C) groups is 2. The van der Waals surface area contributed by atoms with Crippen molar-refractivity contribution in [1.29, 1.82) is 0 Å². The number of alkyl halides is 4. The molecule has 2 aromatic carbocycles. The van der Waals surface area contributed by atoms with Gasteiger partial charge in [0.1, 0.15) is 34.3 Å². The summed E-state index contributed by atoms with van der Waals surface area (Å²) >= 11 is 0. The molecule has 0 unspecified atom stereocenters. The number of rotatable bonds is 19. The van der Waals surface area contributed by atoms with Crippen LogP contribution in [0, 0.1) is 44.9 Å². The molecule has 3 N–H and O–H groups in total. The summed E-state index contributed by atoms with van der Waals surface area (Å²) in [6, 6.07) is 11.4. The van der Waals surface area contributed by atoms with Crippen LogP contribution >= 0.6 is 0 Å². The van der Waals surface area contributed by atoms with Crippen molar-refractivity contribution in [2.24, 2.45) is 33.7 Å². The molecule has 4 heterocycles. The van der Waals surface area contributed by atoms with Crippen LogP contribution in [-0.2, 0) is 85.3 Å². The number of carbonyl (C=O) groups excluding carboxylic acids is 4. The van der Waals surface area contributed by atoms with Gasteiger partial charge in [0.05, 0.1) is 11.5 Å². The number of benzene rings is 2. The number of amidine groups is 2. The molecule has 80 heavy (non-hydrogen) atoms. The van der Waals surface area contributed by atoms with Crippen LogP contribution in [0.2, 0.25) is 0 Å². The predicted octanol–water partition coefficient (Wildman–Crippen LogP) is 8.26. The molecule has 0 radical (unpaired) electrons. The second-order valence-corrected chi connectivity index (χ2v) is 26.4. The number of hydrogen-bond acceptors (Lipinski definition) is 11. The molecule has 6 aliphatic rings. The first-order valence-corrected chi connectivity index (χ1v) is 30.8. The van der Waals surface area contributed by atoms with Gasteiger partial charge in [-0.25, -0.2) is 43.0 Å². The molecule has 0 aromatic heterocycles. The molecule has 4 aliphatic heterocycles. The summed E-state index contributed by atoms with van der Waals surface area (Å²) in [7, 11) is -6.00. The van der Waals surface area contributed by atoms with Gasteiger partial charge >= 0.3 is 0 Å². The molecule has 8 rings (SSSR count). The van der Waals surface area contributed by atoms with E-state index in [1.165, 1.54) is 8.61 Å². The Kier molecular flexibility index (Phi) is 26.1. The molecule has 2 saturated carbocycles. The van der Waals surface area contributed by atoms with Gasteiger partial charge in [-0.15, -0.1) is 0 Å². The molecule has 450 valence electrons. The molecule has 4 fully saturated rings. The van der Waals surface area contributed by atoms with Crippen LogP contribution in [-0.4, -0.2) is 134 Å². The SMILES string of the molecule is CC(=O)Cc1ccc(CCS(=O)(=O)N2CCC3(CC2)N=C(C2CCC(/C=C/C(F)F)CC2)NC3=O)c(C)c1.CC(=O)Cc1ccc(CCS(=O)(=O)N2CCC3(CC2)N=C(C2CCC(CCC(F)F)CC2)NC3=O)c(C)c1.CO.[CH3-].[Pd]. The minimum absolute atomic E-state index is 0. The second-order valence-electron chi connectivity index (χ2n) is 22.2. The standard InChI is InChI=1S/C28H39F2N3O4S.C28H37F2N3O4S.CH4O.CH3.Pd/c2*1-19-17-22(18-20(2)34)5-7-23(19)11-16-38(36,37)33-14-12-28(13-15-33)27(35)31-26(32-28)24-8-3-21(4-9-24)6-10-25(29)30;1-2;;/h5,7,17,21,24-25H,3-4,6,8-16,18H2,1-2H3,(H,31,32,35);5-7,10,17,21,24-25H,3-4,8-9,11-16,18H2,1-2H3,(H,31,32,35);2H,1H3;1H3;/q;;;-1;/b;10-6+;;;. The fourth-order valence-corrected chi connectivity index (χ4v) is 14.9. The number of sulfonamides is 2. The normalized spacial score (nSPS) is 23.0. The van der Waals surface area contributed by atoms with Gasteiger partial charge in [-0.2, -0.15) is 0 Å². The first kappa shape index (κ1) is 68.5. The molecule has 2 amide bonds. The average molecular weight is 1250 g/mol. The zero-order valence-corrected chi connectivity index (χ0v) is 50.4. The number of nitrogens with zero attached hydrogens (tertiary/aromatic N) is 4. The van der Waals surface area contributed by atoms with E-state index in [1.807, 2.05) is 50.2 Å². The summed E-state index contributed by atoms with van der Waals surface area (Å²) in [6.07, 6.45) is 7.75. The molecule has 0 atom stereocenters. The van der Waals surface area contributed by atoms with Gasteiger partial charge < -0.3 is 23.2 Å². The van der Waals surface area contributed by atoms with E-state index in [0.29, 0.717) is 75.4 Å². The maximum Gasteiger partial charge on any atom is 0.257 e. The number of nitrogens with one attached hydrogen (secondary N) is 2. The summed E-state index contributed by atoms with van der Waals surface area (Å²) in [5, 5.41) is 12.9. The van der Waals surface area contributed by atoms with Crippen LogP contribution in [0.3, 0.4) is 0 Å². The number of piperidine rings is 2. The fourth-order valence-electron chi connectivity index (χ4n) is 11.9. The minimum atomic E-state index is -3.50. The van der Waals surface area contributed by atoms with Crippen LogP contribution in [0.1, 0.15) is 137 Å². The van der Waals surface area contributed by atoms with Crippen LogP contribution in [0.15, 0.2) is 58.5 Å². The summed E-state index contributed by atoms with van der Waals surface area (Å²) < 4.78 is 105. The Morgan fingerprint density at radius 2 is 1.06 bits per heavy atom. The van der Waals surface area contributed by atoms with E-state index in [0.717, 1.165) is 97.9 Å². The van der Waals surface area contributed by atoms with E-state index in [9.17, 15) is 53.6 Å². The van der Waals surface area contributed by atoms with Gasteiger partial charge in [0.15, 0.2) is 0 Å². The topological polar surface area (TPSA) is 212 Å². The van der Waals surface area contributed by atoms with Gasteiger partial charge in [0, 0.05) is 84.8 Å². The van der Waals surface area contributed by atoms with Crippen molar-refractivity contribution in [3.05, 3.63) is 89.4 Å². The number of ketones is 2. The number of amides is 2. The smallest absolute Gasteiger partial charge is 0.257 e. The zero-order chi connectivity index (χ0) is 57.0. The Labute approximate surface area is 485 Å². The number of aliphatic hydroxyl groups is 1. The third kappa shape index (κ3) is 18.5. The van der Waals surface area contributed by atoms with Crippen molar-refractivity contribution in [2.75, 3.05) is 44.8 Å². The number of allylic oxidation sites excluding steroid dienone is 2. The van der Waals surface area contributed by atoms with Crippen LogP contribution < -0.4 is 10.6 Å². The maximum absolute atomic E-state index is 13.1. The molecule has 2 saturated heterocycles. The van der Waals surface area contributed by atoms with E-state index in [4.69, 9.17) is 15.1 Å². The van der Waals surface area contributed by atoms with Crippen LogP contribution in [0.25, 0.3) is 0 Å². The van der Waals surface area contributed by atoms with Gasteiger partial charge in [0.2, 0.25) is 26.5 Å². The van der Waals surface area contributed by atoms with Crippen molar-refractivity contribution in [3.8, 4) is 0 Å². The number of aliphatic hydroxyl groups excluding tert-OH is 1. The first-order chi connectivity index (χ1) is 36.9. The van der Waals surface area contributed by atoms with Crippen molar-refractivity contribution >= 4 is 55.1 Å². The Balaban J connectivity index is 0.000000326. The fraction of sp³-hybridized carbons (Fsp3) is 0.638. The van der Waals surface area contributed by atoms with E-state index in [2.05, 4.69) is 10.6 Å². The Morgan fingerprint density at radius 3 is 1.41 bits per heavy atom. The average Bonchev–Trinajstić information content (AvgIpc) is 3.92. The zero-order valence-electron chi connectivity index (χ0n) is 47.2. The summed E-state index contributed by atoms with van der Waals surface area (Å²) in [5.41, 5.74) is 3.87. The minimum Gasteiger partial charge on any atom is -0.400 e. The Hall–Kier alpha value is -4.04. The Morgan fingerprint density at radius 1 is 0.675 bits per heavy atom. The number of Topliss-reactive ketones (excluding diaryl/α,β-unsaturated/α-hetero) is 2. The monoisotopic (exact) mass is 1250 g/mol. The van der Waals surface area contributed by atoms with Gasteiger partial charge in [-0.3, -0.25) is 29.2 Å². The Bertz CT molecular complexity index is 2770. The molecule has 2 aromatic rings. The molecule has 15 nitrogen and oxygen atoms in total. The van der Waals surface area contributed by atoms with Crippen LogP contribution in [0.4, 0.5) is 17.6 Å². The maximum atomic E-state index is 13.1. The molecule has 0 bridgehead atoms. The van der Waals surface area contributed by atoms with Gasteiger partial charge in [-0.05, 0) is 175 Å². The van der Waals surface area contributed by atoms with Gasteiger partial charge in [0.25, 0.3) is 18.2 Å². The van der Waals surface area contributed by atoms with Crippen LogP contribution in [0.5, 0.6) is 0 Å². The molecule has 2 aliphatic carbocycles. The van der Waals surface area contributed by atoms with E-state index in [-0.39, 0.29) is 113 Å². The first-order valence-electron chi connectivity index (χ1n) is 27.6. The van der Waals surface area contributed by atoms with Crippen molar-refractivity contribution in [1.82, 2.24) is 19.2 Å². The molecule has 22 heteroatoms. The quantitative estimate of drug-likeness (QED) is 0.0534. The summed E-state index contributed by atoms with van der Waals surface area (Å²) in [5.74, 6) is 1.87. The third-order valence-corrected chi connectivity index (χ3v) is 20.3. The van der Waals surface area contributed by atoms with E-state index in [1.54, 1.807) is 19.9 Å². The third-order valence-electron chi connectivity index (χ3n) is 16.6. The van der Waals surface area contributed by atoms with E-state index >= 15 is 0 Å². The van der Waals surface area contributed by atoms with E-state index < -0.39 is 44.0 Å². The molecule has 2 spiro atoms. The number of halogens is 4. The molecular weight excluding hydrogens is 1170 g/mol. The summed E-state index contributed by atoms with van der Waals surface area (Å²) in [6.45, 7) is 7.95. The largest absolute Gasteiger partial charge is 0.400 e. The van der Waals surface area contributed by atoms with Crippen molar-refractivity contribution < 1.29 is 79.1 Å². The summed E-state index contributed by atoms with van der Waals surface area (Å²) in [4.78, 5) is 58.2. The second kappa shape index (κ2) is 30.5. The number of aryl methyl sites for hydroxylation is 4. The molecular formula is C58H83F4N6O9PdS2-. The van der Waals surface area contributed by atoms with Crippen molar-refractivity contribution in [3.63, 3.8) is 0 Å².